The molecule has 1 rings (SSSR count). The van der Waals surface area contributed by atoms with E-state index in [-0.39, 0.29) is 0 Å². The Kier molecular flexibility index (Phi) is 8.38. The molecule has 0 unspecified atom stereocenters. The third kappa shape index (κ3) is 7.09. The molecular formula is C15H25N3O2. The second-order valence-electron chi connectivity index (χ2n) is 4.91. The third-order valence-corrected chi connectivity index (χ3v) is 3.27. The summed E-state index contributed by atoms with van der Waals surface area (Å²) in [6.07, 6.45) is 9.59. The predicted octanol–water partition coefficient (Wildman–Crippen LogP) is 2.83. The monoisotopic (exact) mass is 279 g/mol. The van der Waals surface area contributed by atoms with Crippen molar-refractivity contribution >= 4 is 11.9 Å². The van der Waals surface area contributed by atoms with E-state index in [9.17, 15) is 0 Å². The number of allylic oxidation sites excluding steroid dienone is 3. The number of nitrogens with zero attached hydrogens (tertiary/aromatic N) is 3. The van der Waals surface area contributed by atoms with Crippen LogP contribution in [0.3, 0.4) is 0 Å². The van der Waals surface area contributed by atoms with E-state index in [1.54, 1.807) is 12.2 Å². The number of piperidine rings is 1. The van der Waals surface area contributed by atoms with E-state index in [4.69, 9.17) is 10.0 Å². The summed E-state index contributed by atoms with van der Waals surface area (Å²) in [4.78, 5) is 7.78. The topological polar surface area (TPSA) is 57.4 Å². The van der Waals surface area contributed by atoms with Crippen LogP contribution in [0.15, 0.2) is 34.6 Å². The van der Waals surface area contributed by atoms with Crippen LogP contribution in [0.25, 0.3) is 0 Å². The minimum atomic E-state index is 0.628. The summed E-state index contributed by atoms with van der Waals surface area (Å²) in [6, 6.07) is 0. The van der Waals surface area contributed by atoms with E-state index < -0.39 is 0 Å². The maximum atomic E-state index is 8.26. The summed E-state index contributed by atoms with van der Waals surface area (Å²) < 4.78 is 0. The van der Waals surface area contributed by atoms with Gasteiger partial charge in [-0.05, 0) is 50.9 Å². The van der Waals surface area contributed by atoms with Gasteiger partial charge in [-0.3, -0.25) is 0 Å². The molecule has 0 radical (unpaired) electrons. The highest BCUT2D eigenvalue weighted by molar-refractivity contribution is 6.00. The van der Waals surface area contributed by atoms with Crippen molar-refractivity contribution in [3.63, 3.8) is 0 Å². The van der Waals surface area contributed by atoms with Gasteiger partial charge in [0.15, 0.2) is 0 Å². The molecule has 0 aromatic carbocycles. The molecule has 0 amide bonds. The van der Waals surface area contributed by atoms with Crippen molar-refractivity contribution in [3.8, 4) is 0 Å². The van der Waals surface area contributed by atoms with Crippen LogP contribution in [0, 0.1) is 0 Å². The van der Waals surface area contributed by atoms with Crippen LogP contribution < -0.4 is 0 Å². The lowest BCUT2D eigenvalue weighted by Crippen LogP contribution is -2.31. The molecule has 0 aromatic heterocycles. The Morgan fingerprint density at radius 3 is 2.80 bits per heavy atom. The minimum Gasteiger partial charge on any atom is -0.411 e. The quantitative estimate of drug-likeness (QED) is 0.244. The fourth-order valence-corrected chi connectivity index (χ4v) is 2.06. The van der Waals surface area contributed by atoms with Crippen LogP contribution in [0.4, 0.5) is 0 Å². The Morgan fingerprint density at radius 2 is 2.10 bits per heavy atom. The zero-order valence-corrected chi connectivity index (χ0v) is 12.3. The lowest BCUT2D eigenvalue weighted by Gasteiger charge is -2.25. The molecule has 0 saturated carbocycles. The van der Waals surface area contributed by atoms with E-state index in [1.807, 2.05) is 6.92 Å². The molecule has 5 nitrogen and oxygen atoms in total. The average molecular weight is 279 g/mol. The van der Waals surface area contributed by atoms with Crippen LogP contribution in [0.1, 0.15) is 32.6 Å². The van der Waals surface area contributed by atoms with Crippen LogP contribution >= 0.6 is 0 Å². The van der Waals surface area contributed by atoms with Crippen molar-refractivity contribution in [2.45, 2.75) is 32.6 Å². The Bertz CT molecular complexity index is 369. The number of hydrogen-bond donors (Lipinski definition) is 1. The van der Waals surface area contributed by atoms with Gasteiger partial charge >= 0.3 is 0 Å². The molecule has 1 N–H and O–H groups in total. The third-order valence-electron chi connectivity index (χ3n) is 3.27. The number of oxime groups is 2. The van der Waals surface area contributed by atoms with Crippen molar-refractivity contribution in [2.75, 3.05) is 26.2 Å². The first-order valence-corrected chi connectivity index (χ1v) is 7.16. The maximum absolute atomic E-state index is 8.26. The molecule has 5 heteroatoms. The van der Waals surface area contributed by atoms with Gasteiger partial charge in [0, 0.05) is 6.54 Å². The standard InChI is InChI=1S/C15H25N3O2/c1-14(8-6-9-16-19)15(2)17-20-13-7-12-18-10-4-3-5-11-18/h6,8-9,19H,1,3-5,7,10-13H2,2H3/b8-6-,16-9+,17-15+. The molecule has 0 bridgehead atoms. The first-order valence-electron chi connectivity index (χ1n) is 7.16. The van der Waals surface area contributed by atoms with Gasteiger partial charge in [0.1, 0.15) is 6.61 Å². The molecule has 0 atom stereocenters. The largest absolute Gasteiger partial charge is 0.411 e. The summed E-state index contributed by atoms with van der Waals surface area (Å²) in [5, 5.41) is 15.2. The Hall–Kier alpha value is -1.62. The molecule has 1 fully saturated rings. The maximum Gasteiger partial charge on any atom is 0.118 e. The van der Waals surface area contributed by atoms with Gasteiger partial charge in [-0.2, -0.15) is 0 Å². The van der Waals surface area contributed by atoms with Crippen molar-refractivity contribution in [3.05, 3.63) is 24.3 Å². The number of rotatable bonds is 8. The Labute approximate surface area is 121 Å². The second kappa shape index (κ2) is 10.2. The zero-order valence-electron chi connectivity index (χ0n) is 12.3. The van der Waals surface area contributed by atoms with Gasteiger partial charge in [0.25, 0.3) is 0 Å². The molecule has 1 saturated heterocycles. The first-order chi connectivity index (χ1) is 9.74. The summed E-state index contributed by atoms with van der Waals surface area (Å²) in [6.45, 7) is 9.84. The fraction of sp³-hybridized carbons (Fsp3) is 0.600. The summed E-state index contributed by atoms with van der Waals surface area (Å²) >= 11 is 0. The molecule has 20 heavy (non-hydrogen) atoms. The van der Waals surface area contributed by atoms with E-state index >= 15 is 0 Å². The fourth-order valence-electron chi connectivity index (χ4n) is 2.06. The van der Waals surface area contributed by atoms with E-state index in [2.05, 4.69) is 21.8 Å². The van der Waals surface area contributed by atoms with Crippen LogP contribution in [0.2, 0.25) is 0 Å². The summed E-state index contributed by atoms with van der Waals surface area (Å²) in [5.74, 6) is 0. The summed E-state index contributed by atoms with van der Waals surface area (Å²) in [7, 11) is 0. The Balaban J connectivity index is 2.14. The van der Waals surface area contributed by atoms with E-state index in [0.29, 0.717) is 6.61 Å². The van der Waals surface area contributed by atoms with Gasteiger partial charge in [0.2, 0.25) is 0 Å². The Morgan fingerprint density at radius 1 is 1.35 bits per heavy atom. The molecule has 0 aromatic rings. The zero-order chi connectivity index (χ0) is 14.6. The first kappa shape index (κ1) is 16.4. The van der Waals surface area contributed by atoms with E-state index in [1.165, 1.54) is 38.6 Å². The van der Waals surface area contributed by atoms with Crippen molar-refractivity contribution < 1.29 is 10.0 Å². The van der Waals surface area contributed by atoms with Gasteiger partial charge in [-0.25, -0.2) is 0 Å². The summed E-state index contributed by atoms with van der Waals surface area (Å²) in [5.41, 5.74) is 1.46. The lowest BCUT2D eigenvalue weighted by molar-refractivity contribution is 0.124. The smallest absolute Gasteiger partial charge is 0.118 e. The molecule has 0 spiro atoms. The highest BCUT2D eigenvalue weighted by atomic mass is 16.6. The van der Waals surface area contributed by atoms with Crippen LogP contribution in [-0.2, 0) is 4.84 Å². The van der Waals surface area contributed by atoms with Gasteiger partial charge < -0.3 is 14.9 Å². The molecule has 1 heterocycles. The van der Waals surface area contributed by atoms with Crippen molar-refractivity contribution in [1.29, 1.82) is 0 Å². The number of hydrogen-bond acceptors (Lipinski definition) is 5. The van der Waals surface area contributed by atoms with Crippen molar-refractivity contribution in [2.24, 2.45) is 10.3 Å². The normalized spacial score (nSPS) is 17.9. The van der Waals surface area contributed by atoms with Gasteiger partial charge in [0.05, 0.1) is 11.9 Å². The second-order valence-corrected chi connectivity index (χ2v) is 4.91. The average Bonchev–Trinajstić information content (AvgIpc) is 2.48. The SMILES string of the molecule is C=C(/C=C\C=N\O)/C(C)=N/OCCCN1CCCCC1. The molecule has 1 aliphatic rings. The highest BCUT2D eigenvalue weighted by Crippen LogP contribution is 2.08. The van der Waals surface area contributed by atoms with Crippen LogP contribution in [0.5, 0.6) is 0 Å². The molecule has 0 aliphatic carbocycles. The minimum absolute atomic E-state index is 0.628. The predicted molar refractivity (Wildman–Crippen MR) is 82.5 cm³/mol. The molecule has 1 aliphatic heterocycles. The highest BCUT2D eigenvalue weighted by Gasteiger charge is 2.08. The van der Waals surface area contributed by atoms with E-state index in [0.717, 1.165) is 24.3 Å². The van der Waals surface area contributed by atoms with Gasteiger partial charge in [-0.1, -0.05) is 29.4 Å². The van der Waals surface area contributed by atoms with Gasteiger partial charge in [-0.15, -0.1) is 0 Å². The van der Waals surface area contributed by atoms with Crippen LogP contribution in [-0.4, -0.2) is 48.3 Å². The lowest BCUT2D eigenvalue weighted by atomic mass is 10.1. The number of likely N-dealkylation sites (tertiary alicyclic amines) is 1. The molecular weight excluding hydrogens is 254 g/mol. The van der Waals surface area contributed by atoms with Crippen molar-refractivity contribution in [1.82, 2.24) is 4.90 Å². The molecule has 112 valence electrons.